The van der Waals surface area contributed by atoms with Gasteiger partial charge in [0.05, 0.1) is 0 Å². The molecule has 2 N–H and O–H groups in total. The van der Waals surface area contributed by atoms with Gasteiger partial charge in [0.2, 0.25) is 0 Å². The molecule has 2 atom stereocenters. The van der Waals surface area contributed by atoms with Crippen molar-refractivity contribution < 1.29 is 0 Å². The van der Waals surface area contributed by atoms with E-state index in [2.05, 4.69) is 45.4 Å². The second-order valence-electron chi connectivity index (χ2n) is 12.0. The van der Waals surface area contributed by atoms with E-state index in [0.29, 0.717) is 18.0 Å². The van der Waals surface area contributed by atoms with Crippen LogP contribution in [0.1, 0.15) is 135 Å². The number of fused-ring (bicyclic) bond motifs is 1. The summed E-state index contributed by atoms with van der Waals surface area (Å²) in [5, 5.41) is 8.26. The third-order valence-corrected chi connectivity index (χ3v) is 10.4. The second kappa shape index (κ2) is 15.3. The zero-order chi connectivity index (χ0) is 23.4. The molecule has 3 aliphatic carbocycles. The lowest BCUT2D eigenvalue weighted by atomic mass is 9.78. The first-order chi connectivity index (χ1) is 16.8. The molecule has 34 heavy (non-hydrogen) atoms. The maximum absolute atomic E-state index is 4.19. The molecule has 4 aliphatic rings. The van der Waals surface area contributed by atoms with E-state index in [4.69, 9.17) is 0 Å². The third kappa shape index (κ3) is 8.82. The number of halogens is 1. The number of allylic oxidation sites excluding steroid dienone is 2. The van der Waals surface area contributed by atoms with E-state index in [0.717, 1.165) is 9.84 Å². The van der Waals surface area contributed by atoms with Gasteiger partial charge in [0, 0.05) is 27.6 Å². The summed E-state index contributed by atoms with van der Waals surface area (Å²) in [4.78, 5) is 0. The van der Waals surface area contributed by atoms with E-state index in [1.54, 1.807) is 11.3 Å². The van der Waals surface area contributed by atoms with Gasteiger partial charge in [-0.25, -0.2) is 0 Å². The summed E-state index contributed by atoms with van der Waals surface area (Å²) in [6, 6.07) is 1.24. The zero-order valence-corrected chi connectivity index (χ0v) is 24.1. The molecule has 0 amide bonds. The van der Waals surface area contributed by atoms with Crippen molar-refractivity contribution >= 4 is 22.6 Å². The van der Waals surface area contributed by atoms with Crippen LogP contribution in [-0.2, 0) is 0 Å². The van der Waals surface area contributed by atoms with Crippen LogP contribution in [0, 0.1) is 11.8 Å². The van der Waals surface area contributed by atoms with E-state index < -0.39 is 0 Å². The lowest BCUT2D eigenvalue weighted by Gasteiger charge is -2.38. The first-order valence-electron chi connectivity index (χ1n) is 15.4. The van der Waals surface area contributed by atoms with Crippen LogP contribution in [0.5, 0.6) is 0 Å². The van der Waals surface area contributed by atoms with Crippen LogP contribution >= 0.6 is 22.6 Å². The molecule has 4 rings (SSSR count). The highest BCUT2D eigenvalue weighted by molar-refractivity contribution is 14.1. The van der Waals surface area contributed by atoms with Gasteiger partial charge in [0.15, 0.2) is 0 Å². The molecule has 0 aromatic rings. The van der Waals surface area contributed by atoms with Crippen LogP contribution in [0.3, 0.4) is 0 Å². The fourth-order valence-electron chi connectivity index (χ4n) is 7.01. The van der Waals surface area contributed by atoms with Crippen molar-refractivity contribution in [3.05, 3.63) is 23.4 Å². The fourth-order valence-corrected chi connectivity index (χ4v) is 7.73. The highest BCUT2D eigenvalue weighted by atomic mass is 127. The molecule has 1 aliphatic heterocycles. The van der Waals surface area contributed by atoms with Crippen molar-refractivity contribution in [2.24, 2.45) is 11.8 Å². The van der Waals surface area contributed by atoms with Crippen molar-refractivity contribution in [1.29, 1.82) is 0 Å². The molecular formula is C31H53IN2. The quantitative estimate of drug-likeness (QED) is 0.257. The maximum Gasteiger partial charge on any atom is 0.0338 e. The SMILES string of the molecule is IC1CCC(NC2=CC(C3CCCCCCCCC3)=CC3NCCCCCCCCCC23)CC1. The molecule has 0 aromatic carbocycles. The van der Waals surface area contributed by atoms with E-state index in [-0.39, 0.29) is 0 Å². The second-order valence-corrected chi connectivity index (χ2v) is 13.7. The molecule has 3 heteroatoms. The Labute approximate surface area is 225 Å². The highest BCUT2D eigenvalue weighted by Gasteiger charge is 2.31. The van der Waals surface area contributed by atoms with E-state index in [1.165, 1.54) is 141 Å². The molecule has 3 fully saturated rings. The van der Waals surface area contributed by atoms with Crippen molar-refractivity contribution in [3.63, 3.8) is 0 Å². The predicted octanol–water partition coefficient (Wildman–Crippen LogP) is 9.00. The van der Waals surface area contributed by atoms with Gasteiger partial charge in [-0.05, 0) is 75.5 Å². The Balaban J connectivity index is 1.52. The van der Waals surface area contributed by atoms with Gasteiger partial charge in [-0.2, -0.15) is 0 Å². The zero-order valence-electron chi connectivity index (χ0n) is 22.0. The number of alkyl halides is 1. The van der Waals surface area contributed by atoms with Crippen LogP contribution in [0.25, 0.3) is 0 Å². The van der Waals surface area contributed by atoms with E-state index in [9.17, 15) is 0 Å². The van der Waals surface area contributed by atoms with Crippen LogP contribution < -0.4 is 10.6 Å². The molecule has 2 saturated carbocycles. The number of rotatable bonds is 3. The summed E-state index contributed by atoms with van der Waals surface area (Å²) >= 11 is 2.68. The first-order valence-corrected chi connectivity index (χ1v) is 16.6. The van der Waals surface area contributed by atoms with Gasteiger partial charge in [0.25, 0.3) is 0 Å². The fraction of sp³-hybridized carbons (Fsp3) is 0.871. The average Bonchev–Trinajstić information content (AvgIpc) is 2.84. The van der Waals surface area contributed by atoms with Crippen LogP contribution in [0.15, 0.2) is 23.4 Å². The molecule has 0 radical (unpaired) electrons. The van der Waals surface area contributed by atoms with E-state index in [1.807, 2.05) is 0 Å². The van der Waals surface area contributed by atoms with Crippen molar-refractivity contribution in [1.82, 2.24) is 10.6 Å². The average molecular weight is 581 g/mol. The van der Waals surface area contributed by atoms with Crippen molar-refractivity contribution in [2.45, 2.75) is 151 Å². The Hall–Kier alpha value is -0.0300. The lowest BCUT2D eigenvalue weighted by molar-refractivity contribution is 0.338. The summed E-state index contributed by atoms with van der Waals surface area (Å²) in [5.41, 5.74) is 3.30. The monoisotopic (exact) mass is 580 g/mol. The Morgan fingerprint density at radius 3 is 1.85 bits per heavy atom. The third-order valence-electron chi connectivity index (χ3n) is 9.20. The Morgan fingerprint density at radius 1 is 0.647 bits per heavy atom. The largest absolute Gasteiger partial charge is 0.385 e. The van der Waals surface area contributed by atoms with Gasteiger partial charge in [-0.1, -0.05) is 112 Å². The van der Waals surface area contributed by atoms with Crippen molar-refractivity contribution in [2.75, 3.05) is 6.54 Å². The van der Waals surface area contributed by atoms with Crippen LogP contribution in [0.2, 0.25) is 0 Å². The minimum atomic E-state index is 0.540. The van der Waals surface area contributed by atoms with Crippen LogP contribution in [-0.4, -0.2) is 22.6 Å². The number of hydrogen-bond acceptors (Lipinski definition) is 2. The van der Waals surface area contributed by atoms with Gasteiger partial charge in [0.1, 0.15) is 0 Å². The van der Waals surface area contributed by atoms with Crippen molar-refractivity contribution in [3.8, 4) is 0 Å². The molecule has 0 bridgehead atoms. The summed E-state index contributed by atoms with van der Waals surface area (Å²) in [6.07, 6.45) is 35.1. The number of nitrogens with one attached hydrogen (secondary N) is 2. The topological polar surface area (TPSA) is 24.1 Å². The van der Waals surface area contributed by atoms with Gasteiger partial charge < -0.3 is 10.6 Å². The molecule has 1 saturated heterocycles. The minimum Gasteiger partial charge on any atom is -0.385 e. The van der Waals surface area contributed by atoms with Gasteiger partial charge in [-0.3, -0.25) is 0 Å². The summed E-state index contributed by atoms with van der Waals surface area (Å²) in [7, 11) is 0. The maximum atomic E-state index is 4.19. The van der Waals surface area contributed by atoms with Gasteiger partial charge >= 0.3 is 0 Å². The molecule has 2 unspecified atom stereocenters. The molecule has 2 nitrogen and oxygen atoms in total. The molecule has 194 valence electrons. The minimum absolute atomic E-state index is 0.540. The molecule has 1 heterocycles. The highest BCUT2D eigenvalue weighted by Crippen LogP contribution is 2.36. The molecule has 0 spiro atoms. The summed E-state index contributed by atoms with van der Waals surface area (Å²) in [6.45, 7) is 1.20. The Morgan fingerprint density at radius 2 is 1.21 bits per heavy atom. The lowest BCUT2D eigenvalue weighted by Crippen LogP contribution is -2.44. The van der Waals surface area contributed by atoms with Gasteiger partial charge in [-0.15, -0.1) is 0 Å². The Bertz CT molecular complexity index is 623. The predicted molar refractivity (Wildman–Crippen MR) is 157 cm³/mol. The van der Waals surface area contributed by atoms with E-state index >= 15 is 0 Å². The Kier molecular flexibility index (Phi) is 12.1. The molecular weight excluding hydrogens is 527 g/mol. The standard InChI is InChI=1S/C31H53IN2/c32-27-18-20-28(21-19-27)34-31-24-26(25-15-11-7-3-1-4-8-12-16-25)23-30-29(31)17-13-9-5-2-6-10-14-22-33-30/h23-25,27-30,33-34H,1-22H2. The summed E-state index contributed by atoms with van der Waals surface area (Å²) in [5.74, 6) is 1.43. The van der Waals surface area contributed by atoms with Crippen LogP contribution in [0.4, 0.5) is 0 Å². The first kappa shape index (κ1) is 27.0. The number of hydrogen-bond donors (Lipinski definition) is 2. The molecule has 0 aromatic heterocycles. The summed E-state index contributed by atoms with van der Waals surface area (Å²) < 4.78 is 0.894. The smallest absolute Gasteiger partial charge is 0.0338 e. The normalized spacial score (nSPS) is 33.9.